The van der Waals surface area contributed by atoms with Gasteiger partial charge in [-0.3, -0.25) is 0 Å². The third-order valence-corrected chi connectivity index (χ3v) is 14.0. The minimum absolute atomic E-state index is 0.117. The fourth-order valence-corrected chi connectivity index (χ4v) is 11.2. The van der Waals surface area contributed by atoms with Crippen LogP contribution in [0.2, 0.25) is 0 Å². The molecule has 0 aromatic heterocycles. The van der Waals surface area contributed by atoms with Crippen molar-refractivity contribution >= 4 is 39.8 Å². The van der Waals surface area contributed by atoms with Crippen LogP contribution in [0, 0.1) is 0 Å². The number of anilines is 7. The smallest absolute Gasteiger partial charge is 0.138 e. The predicted octanol–water partition coefficient (Wildman–Crippen LogP) is 15.7. The van der Waals surface area contributed by atoms with Crippen molar-refractivity contribution in [2.45, 2.75) is 31.8 Å². The molecule has 0 spiro atoms. The second-order valence-electron chi connectivity index (χ2n) is 17.7. The van der Waals surface area contributed by atoms with Gasteiger partial charge in [-0.05, 0) is 135 Å². The van der Waals surface area contributed by atoms with Gasteiger partial charge in [0.05, 0.1) is 11.4 Å². The van der Waals surface area contributed by atoms with E-state index in [-0.39, 0.29) is 11.6 Å². The van der Waals surface area contributed by atoms with Crippen LogP contribution in [0.5, 0.6) is 0 Å². The number of rotatable bonds is 5. The first kappa shape index (κ1) is 35.2. The molecule has 2 heterocycles. The minimum Gasteiger partial charge on any atom is -0.315 e. The van der Waals surface area contributed by atoms with Crippen LogP contribution in [0.4, 0.5) is 39.8 Å². The molecule has 13 rings (SSSR count). The average Bonchev–Trinajstić information content (AvgIpc) is 3.81. The van der Waals surface area contributed by atoms with Gasteiger partial charge in [-0.1, -0.05) is 147 Å². The molecule has 0 saturated carbocycles. The Morgan fingerprint density at radius 3 is 1.63 bits per heavy atom. The summed E-state index contributed by atoms with van der Waals surface area (Å²) < 4.78 is 0. The van der Waals surface area contributed by atoms with Crippen LogP contribution in [0.3, 0.4) is 0 Å². The number of fused-ring (bicyclic) bond motifs is 10. The number of hydrogen-bond acceptors (Lipinski definition) is 3. The highest BCUT2D eigenvalue weighted by Gasteiger charge is 2.42. The maximum absolute atomic E-state index is 2.57. The van der Waals surface area contributed by atoms with E-state index in [4.69, 9.17) is 0 Å². The summed E-state index contributed by atoms with van der Waals surface area (Å²) in [5.41, 5.74) is 25.3. The Morgan fingerprint density at radius 1 is 0.387 bits per heavy atom. The Hall–Kier alpha value is -7.62. The molecule has 294 valence electrons. The Kier molecular flexibility index (Phi) is 7.48. The molecule has 0 bridgehead atoms. The molecular weight excluding hydrogens is 751 g/mol. The Morgan fingerprint density at radius 2 is 0.903 bits per heavy atom. The highest BCUT2D eigenvalue weighted by atomic mass is 15.4. The first-order valence-corrected chi connectivity index (χ1v) is 21.8. The van der Waals surface area contributed by atoms with E-state index >= 15 is 0 Å². The molecule has 0 amide bonds. The van der Waals surface area contributed by atoms with Crippen LogP contribution in [0.25, 0.3) is 44.5 Å². The first-order valence-electron chi connectivity index (χ1n) is 21.8. The lowest BCUT2D eigenvalue weighted by molar-refractivity contribution is 0.660. The third-order valence-electron chi connectivity index (χ3n) is 14.0. The Labute approximate surface area is 363 Å². The van der Waals surface area contributed by atoms with Gasteiger partial charge in [0.15, 0.2) is 0 Å². The van der Waals surface area contributed by atoms with Gasteiger partial charge in [-0.25, -0.2) is 0 Å². The first-order chi connectivity index (χ1) is 30.5. The zero-order valence-electron chi connectivity index (χ0n) is 34.8. The maximum atomic E-state index is 2.57. The van der Waals surface area contributed by atoms with E-state index in [1.54, 1.807) is 0 Å². The Bertz CT molecular complexity index is 3260. The van der Waals surface area contributed by atoms with E-state index in [9.17, 15) is 0 Å². The lowest BCUT2D eigenvalue weighted by Gasteiger charge is -2.50. The molecule has 0 N–H and O–H groups in total. The second-order valence-corrected chi connectivity index (χ2v) is 17.7. The number of hydrogen-bond donors (Lipinski definition) is 0. The molecule has 1 atom stereocenters. The number of nitrogens with zero attached hydrogens (tertiary/aromatic N) is 3. The molecule has 3 nitrogen and oxygen atoms in total. The van der Waals surface area contributed by atoms with Gasteiger partial charge in [-0.2, -0.15) is 0 Å². The predicted molar refractivity (Wildman–Crippen MR) is 258 cm³/mol. The van der Waals surface area contributed by atoms with Crippen molar-refractivity contribution in [2.75, 3.05) is 14.7 Å². The zero-order chi connectivity index (χ0) is 41.1. The quantitative estimate of drug-likeness (QED) is 0.172. The molecule has 9 aromatic rings. The second kappa shape index (κ2) is 13.2. The van der Waals surface area contributed by atoms with Crippen molar-refractivity contribution in [1.29, 1.82) is 0 Å². The van der Waals surface area contributed by atoms with Crippen LogP contribution in [0.1, 0.15) is 47.8 Å². The van der Waals surface area contributed by atoms with Gasteiger partial charge in [0.25, 0.3) is 0 Å². The Balaban J connectivity index is 0.989. The van der Waals surface area contributed by atoms with Crippen LogP contribution in [0.15, 0.2) is 206 Å². The summed E-state index contributed by atoms with van der Waals surface area (Å²) in [5.74, 6) is 0. The molecule has 2 aliphatic carbocycles. The van der Waals surface area contributed by atoms with Crippen LogP contribution < -0.4 is 14.7 Å². The van der Waals surface area contributed by atoms with Gasteiger partial charge in [0.2, 0.25) is 0 Å². The lowest BCUT2D eigenvalue weighted by atomic mass is 9.81. The molecule has 0 radical (unpaired) electrons. The molecule has 62 heavy (non-hydrogen) atoms. The summed E-state index contributed by atoms with van der Waals surface area (Å²) in [4.78, 5) is 7.58. The van der Waals surface area contributed by atoms with Crippen molar-refractivity contribution in [1.82, 2.24) is 0 Å². The SMILES string of the molecule is CC1(C)c2ccccc2-c2ccc(N(c3ccc(N4c5ccccc5-c5cccc6c5C4N(c4ccccc4)c4ccccc4-6)cc3)c3ccc4c(c3)-c3ccccc3C4)cc21. The lowest BCUT2D eigenvalue weighted by Crippen LogP contribution is -2.41. The summed E-state index contributed by atoms with van der Waals surface area (Å²) in [6.07, 6.45) is 0.854. The van der Waals surface area contributed by atoms with Gasteiger partial charge in [0, 0.05) is 50.5 Å². The van der Waals surface area contributed by atoms with Gasteiger partial charge >= 0.3 is 0 Å². The summed E-state index contributed by atoms with van der Waals surface area (Å²) in [5, 5.41) is 0. The standard InChI is InChI=1S/C59H43N3/c1-59(2)53-24-11-8-19-46(53)47-34-33-44(37-54(47)59)60(43-28-27-39-35-38-15-6-7-18-45(38)52(39)36-43)41-29-31-42(32-30-41)62-56-26-13-10-21-49(56)51-23-14-22-50-48-20-9-12-25-55(48)61(58(62)57(50)51)40-16-4-3-5-17-40/h3-34,36-37,58H,35H2,1-2H3. The zero-order valence-corrected chi connectivity index (χ0v) is 34.8. The maximum Gasteiger partial charge on any atom is 0.138 e. The normalized spacial score (nSPS) is 15.4. The number of para-hydroxylation sites is 3. The van der Waals surface area contributed by atoms with E-state index < -0.39 is 0 Å². The number of benzene rings is 9. The average molecular weight is 794 g/mol. The summed E-state index contributed by atoms with van der Waals surface area (Å²) in [6, 6.07) is 76.9. The van der Waals surface area contributed by atoms with Gasteiger partial charge < -0.3 is 14.7 Å². The molecule has 1 unspecified atom stereocenters. The van der Waals surface area contributed by atoms with E-state index in [0.717, 1.165) is 34.9 Å². The summed E-state index contributed by atoms with van der Waals surface area (Å²) in [7, 11) is 0. The van der Waals surface area contributed by atoms with Crippen molar-refractivity contribution in [2.24, 2.45) is 0 Å². The summed E-state index contributed by atoms with van der Waals surface area (Å²) in [6.45, 7) is 4.74. The summed E-state index contributed by atoms with van der Waals surface area (Å²) >= 11 is 0. The van der Waals surface area contributed by atoms with E-state index in [2.05, 4.69) is 235 Å². The molecule has 4 aliphatic rings. The molecule has 0 fully saturated rings. The highest BCUT2D eigenvalue weighted by Crippen LogP contribution is 2.59. The molecule has 2 aliphatic heterocycles. The largest absolute Gasteiger partial charge is 0.315 e. The minimum atomic E-state index is -0.118. The highest BCUT2D eigenvalue weighted by molar-refractivity contribution is 5.99. The van der Waals surface area contributed by atoms with Gasteiger partial charge in [-0.15, -0.1) is 0 Å². The van der Waals surface area contributed by atoms with Crippen molar-refractivity contribution in [3.63, 3.8) is 0 Å². The topological polar surface area (TPSA) is 9.72 Å². The van der Waals surface area contributed by atoms with E-state index in [0.29, 0.717) is 0 Å². The van der Waals surface area contributed by atoms with Crippen LogP contribution in [-0.4, -0.2) is 0 Å². The molecule has 0 saturated heterocycles. The fourth-order valence-electron chi connectivity index (χ4n) is 11.2. The van der Waals surface area contributed by atoms with E-state index in [1.807, 2.05) is 0 Å². The molecule has 3 heteroatoms. The van der Waals surface area contributed by atoms with Crippen LogP contribution in [-0.2, 0) is 11.8 Å². The van der Waals surface area contributed by atoms with Crippen molar-refractivity contribution < 1.29 is 0 Å². The fraction of sp³-hybridized carbons (Fsp3) is 0.0847. The van der Waals surface area contributed by atoms with Gasteiger partial charge in [0.1, 0.15) is 6.17 Å². The molecule has 9 aromatic carbocycles. The van der Waals surface area contributed by atoms with Crippen molar-refractivity contribution in [3.8, 4) is 44.5 Å². The monoisotopic (exact) mass is 793 g/mol. The van der Waals surface area contributed by atoms with Crippen LogP contribution >= 0.6 is 0 Å². The van der Waals surface area contributed by atoms with Crippen molar-refractivity contribution in [3.05, 3.63) is 234 Å². The van der Waals surface area contributed by atoms with E-state index in [1.165, 1.54) is 83.7 Å². The third kappa shape index (κ3) is 5.00. The molecular formula is C59H43N3.